The van der Waals surface area contributed by atoms with Crippen LogP contribution in [0.5, 0.6) is 0 Å². The summed E-state index contributed by atoms with van der Waals surface area (Å²) in [5.41, 5.74) is 1.28. The molecular formula is C11H15NO3S. The van der Waals surface area contributed by atoms with Gasteiger partial charge in [-0.05, 0) is 25.5 Å². The zero-order valence-corrected chi connectivity index (χ0v) is 10.2. The maximum absolute atomic E-state index is 11.6. The van der Waals surface area contributed by atoms with E-state index in [0.717, 1.165) is 5.56 Å². The number of aryl methyl sites for hydroxylation is 1. The zero-order valence-electron chi connectivity index (χ0n) is 9.36. The summed E-state index contributed by atoms with van der Waals surface area (Å²) in [7, 11) is -3.49. The molecule has 1 N–H and O–H groups in total. The van der Waals surface area contributed by atoms with Crippen molar-refractivity contribution in [2.45, 2.75) is 20.3 Å². The molecule has 0 spiro atoms. The van der Waals surface area contributed by atoms with Gasteiger partial charge in [-0.2, -0.15) is 0 Å². The molecule has 5 heteroatoms. The van der Waals surface area contributed by atoms with Crippen molar-refractivity contribution in [3.05, 3.63) is 35.4 Å². The van der Waals surface area contributed by atoms with E-state index in [9.17, 15) is 13.2 Å². The minimum absolute atomic E-state index is 0.0371. The molecule has 0 saturated carbocycles. The first-order chi connectivity index (χ1) is 7.44. The van der Waals surface area contributed by atoms with Gasteiger partial charge in [-0.3, -0.25) is 4.79 Å². The first-order valence-corrected chi connectivity index (χ1v) is 6.71. The summed E-state index contributed by atoms with van der Waals surface area (Å²) in [6.07, 6.45) is 0.483. The van der Waals surface area contributed by atoms with Crippen LogP contribution >= 0.6 is 0 Å². The van der Waals surface area contributed by atoms with Crippen LogP contribution in [0.2, 0.25) is 0 Å². The molecule has 0 heterocycles. The fraction of sp³-hybridized carbons (Fsp3) is 0.364. The van der Waals surface area contributed by atoms with Crippen LogP contribution in [0.4, 0.5) is 0 Å². The Labute approximate surface area is 95.7 Å². The molecule has 1 amide bonds. The van der Waals surface area contributed by atoms with E-state index < -0.39 is 15.9 Å². The number of carbonyl (C=O) groups is 1. The normalized spacial score (nSPS) is 11.1. The Morgan fingerprint density at radius 3 is 2.62 bits per heavy atom. The van der Waals surface area contributed by atoms with Gasteiger partial charge in [-0.15, -0.1) is 0 Å². The molecule has 0 aromatic heterocycles. The van der Waals surface area contributed by atoms with E-state index >= 15 is 0 Å². The van der Waals surface area contributed by atoms with Crippen molar-refractivity contribution in [2.75, 3.05) is 5.75 Å². The number of benzene rings is 1. The molecular weight excluding hydrogens is 226 g/mol. The van der Waals surface area contributed by atoms with Gasteiger partial charge in [-0.1, -0.05) is 24.6 Å². The molecule has 0 aliphatic rings. The minimum atomic E-state index is -3.49. The Kier molecular flexibility index (Phi) is 4.06. The van der Waals surface area contributed by atoms with Gasteiger partial charge in [-0.25, -0.2) is 13.1 Å². The van der Waals surface area contributed by atoms with E-state index in [4.69, 9.17) is 0 Å². The molecule has 0 saturated heterocycles. The molecule has 0 radical (unpaired) electrons. The van der Waals surface area contributed by atoms with Crippen LogP contribution in [0, 0.1) is 6.92 Å². The molecule has 0 aliphatic heterocycles. The molecule has 16 heavy (non-hydrogen) atoms. The van der Waals surface area contributed by atoms with E-state index in [0.29, 0.717) is 12.0 Å². The summed E-state index contributed by atoms with van der Waals surface area (Å²) in [6.45, 7) is 3.59. The van der Waals surface area contributed by atoms with Crippen LogP contribution in [0.1, 0.15) is 29.3 Å². The van der Waals surface area contributed by atoms with Crippen LogP contribution < -0.4 is 4.72 Å². The lowest BCUT2D eigenvalue weighted by Crippen LogP contribution is -2.32. The number of hydrogen-bond donors (Lipinski definition) is 1. The second-order valence-electron chi connectivity index (χ2n) is 3.62. The number of carbonyl (C=O) groups excluding carboxylic acids is 1. The summed E-state index contributed by atoms with van der Waals surface area (Å²) in [6, 6.07) is 6.80. The molecule has 0 atom stereocenters. The average molecular weight is 241 g/mol. The Bertz CT molecular complexity index is 480. The Morgan fingerprint density at radius 2 is 2.06 bits per heavy atom. The van der Waals surface area contributed by atoms with Gasteiger partial charge in [0.25, 0.3) is 5.91 Å². The molecule has 0 aliphatic carbocycles. The number of amides is 1. The van der Waals surface area contributed by atoms with Gasteiger partial charge in [0, 0.05) is 5.56 Å². The quantitative estimate of drug-likeness (QED) is 0.868. The van der Waals surface area contributed by atoms with E-state index in [-0.39, 0.29) is 5.75 Å². The van der Waals surface area contributed by atoms with Gasteiger partial charge in [0.05, 0.1) is 5.75 Å². The monoisotopic (exact) mass is 241 g/mol. The number of rotatable bonds is 4. The number of nitrogens with one attached hydrogen (secondary N) is 1. The molecule has 4 nitrogen and oxygen atoms in total. The molecule has 1 aromatic carbocycles. The highest BCUT2D eigenvalue weighted by atomic mass is 32.2. The Morgan fingerprint density at radius 1 is 1.38 bits per heavy atom. The first-order valence-electron chi connectivity index (χ1n) is 5.06. The van der Waals surface area contributed by atoms with Crippen molar-refractivity contribution >= 4 is 15.9 Å². The fourth-order valence-corrected chi connectivity index (χ4v) is 2.35. The van der Waals surface area contributed by atoms with Crippen LogP contribution in [-0.2, 0) is 10.0 Å². The third-order valence-electron chi connectivity index (χ3n) is 2.00. The van der Waals surface area contributed by atoms with E-state index in [2.05, 4.69) is 0 Å². The van der Waals surface area contributed by atoms with Crippen molar-refractivity contribution in [1.29, 1.82) is 0 Å². The summed E-state index contributed by atoms with van der Waals surface area (Å²) < 4.78 is 24.8. The van der Waals surface area contributed by atoms with Gasteiger partial charge in [0.1, 0.15) is 0 Å². The summed E-state index contributed by atoms with van der Waals surface area (Å²) in [4.78, 5) is 11.6. The zero-order chi connectivity index (χ0) is 12.2. The summed E-state index contributed by atoms with van der Waals surface area (Å²) in [5, 5.41) is 0. The molecule has 0 unspecified atom stereocenters. The van der Waals surface area contributed by atoms with Crippen molar-refractivity contribution < 1.29 is 13.2 Å². The third kappa shape index (κ3) is 3.66. The smallest absolute Gasteiger partial charge is 0.264 e. The van der Waals surface area contributed by atoms with Gasteiger partial charge < -0.3 is 0 Å². The highest BCUT2D eigenvalue weighted by Gasteiger charge is 2.14. The maximum Gasteiger partial charge on any atom is 0.264 e. The Hall–Kier alpha value is -1.36. The van der Waals surface area contributed by atoms with Crippen LogP contribution in [0.3, 0.4) is 0 Å². The van der Waals surface area contributed by atoms with Crippen LogP contribution in [0.15, 0.2) is 24.3 Å². The van der Waals surface area contributed by atoms with Crippen molar-refractivity contribution in [1.82, 2.24) is 4.72 Å². The topological polar surface area (TPSA) is 63.2 Å². The van der Waals surface area contributed by atoms with Gasteiger partial charge in [0.15, 0.2) is 0 Å². The first kappa shape index (κ1) is 12.7. The van der Waals surface area contributed by atoms with Crippen molar-refractivity contribution in [3.63, 3.8) is 0 Å². The second kappa shape index (κ2) is 5.12. The molecule has 1 aromatic rings. The predicted molar refractivity (Wildman–Crippen MR) is 62.7 cm³/mol. The second-order valence-corrected chi connectivity index (χ2v) is 5.46. The van der Waals surface area contributed by atoms with Crippen LogP contribution in [0.25, 0.3) is 0 Å². The van der Waals surface area contributed by atoms with Crippen molar-refractivity contribution in [2.24, 2.45) is 0 Å². The minimum Gasteiger partial charge on any atom is -0.268 e. The van der Waals surface area contributed by atoms with E-state index in [1.165, 1.54) is 0 Å². The molecule has 0 fully saturated rings. The highest BCUT2D eigenvalue weighted by Crippen LogP contribution is 2.04. The highest BCUT2D eigenvalue weighted by molar-refractivity contribution is 7.90. The number of sulfonamides is 1. The maximum atomic E-state index is 11.6. The largest absolute Gasteiger partial charge is 0.268 e. The van der Waals surface area contributed by atoms with Crippen molar-refractivity contribution in [3.8, 4) is 0 Å². The standard InChI is InChI=1S/C11H15NO3S/c1-3-7-16(14,15)12-11(13)10-6-4-5-9(2)8-10/h4-6,8H,3,7H2,1-2H3,(H,12,13). The average Bonchev–Trinajstić information content (AvgIpc) is 2.16. The van der Waals surface area contributed by atoms with Gasteiger partial charge >= 0.3 is 0 Å². The lowest BCUT2D eigenvalue weighted by atomic mass is 10.1. The van der Waals surface area contributed by atoms with E-state index in [1.54, 1.807) is 25.1 Å². The molecule has 1 rings (SSSR count). The lowest BCUT2D eigenvalue weighted by molar-refractivity contribution is 0.0981. The van der Waals surface area contributed by atoms with Crippen LogP contribution in [-0.4, -0.2) is 20.1 Å². The Balaban J connectivity index is 2.81. The summed E-state index contributed by atoms with van der Waals surface area (Å²) in [5.74, 6) is -0.609. The molecule has 0 bridgehead atoms. The number of hydrogen-bond acceptors (Lipinski definition) is 3. The summed E-state index contributed by atoms with van der Waals surface area (Å²) >= 11 is 0. The molecule has 88 valence electrons. The SMILES string of the molecule is CCCS(=O)(=O)NC(=O)c1cccc(C)c1. The van der Waals surface area contributed by atoms with Gasteiger partial charge in [0.2, 0.25) is 10.0 Å². The fourth-order valence-electron chi connectivity index (χ4n) is 1.31. The third-order valence-corrected chi connectivity index (χ3v) is 3.44. The van der Waals surface area contributed by atoms with E-state index in [1.807, 2.05) is 17.7 Å². The lowest BCUT2D eigenvalue weighted by Gasteiger charge is -2.05. The predicted octanol–water partition coefficient (Wildman–Crippen LogP) is 1.46.